The number of anilines is 1. The maximum Gasteiger partial charge on any atom is 0.292 e. The first-order valence-corrected chi connectivity index (χ1v) is 6.26. The topological polar surface area (TPSA) is 98.7 Å². The quantitative estimate of drug-likeness (QED) is 0.486. The van der Waals surface area contributed by atoms with Crippen LogP contribution in [0.25, 0.3) is 0 Å². The molecule has 7 heteroatoms. The second kappa shape index (κ2) is 6.85. The highest BCUT2D eigenvalue weighted by Gasteiger charge is 2.22. The van der Waals surface area contributed by atoms with E-state index in [1.54, 1.807) is 12.0 Å². The number of amides is 1. The molecule has 1 atom stereocenters. The van der Waals surface area contributed by atoms with E-state index >= 15 is 0 Å². The van der Waals surface area contributed by atoms with E-state index in [0.717, 1.165) is 0 Å². The Hall–Kier alpha value is -2.15. The molecule has 0 bridgehead atoms. The zero-order chi connectivity index (χ0) is 15.3. The highest BCUT2D eigenvalue weighted by molar-refractivity contribution is 5.95. The van der Waals surface area contributed by atoms with Crippen molar-refractivity contribution >= 4 is 17.3 Å². The molecule has 0 saturated heterocycles. The Kier molecular flexibility index (Phi) is 5.45. The molecule has 0 heterocycles. The smallest absolute Gasteiger partial charge is 0.292 e. The summed E-state index contributed by atoms with van der Waals surface area (Å²) in [7, 11) is 1.56. The van der Waals surface area contributed by atoms with Gasteiger partial charge in [0.15, 0.2) is 0 Å². The molecule has 1 unspecified atom stereocenters. The Bertz CT molecular complexity index is 504. The number of likely N-dealkylation sites (N-methyl/N-ethyl adjacent to an activating group) is 1. The van der Waals surface area contributed by atoms with E-state index in [-0.39, 0.29) is 28.9 Å². The maximum atomic E-state index is 12.4. The number of hydrogen-bond donors (Lipinski definition) is 1. The van der Waals surface area contributed by atoms with E-state index in [2.05, 4.69) is 0 Å². The summed E-state index contributed by atoms with van der Waals surface area (Å²) in [6.45, 7) is 4.59. The third-order valence-corrected chi connectivity index (χ3v) is 3.02. The van der Waals surface area contributed by atoms with Crippen molar-refractivity contribution in [2.45, 2.75) is 19.9 Å². The standard InChI is InChI=1S/C13H19N3O4/c1-4-15(9(2)8-20-3)13(17)10-5-6-11(14)12(7-10)16(18)19/h5-7,9H,4,8,14H2,1-3H3. The average molecular weight is 281 g/mol. The van der Waals surface area contributed by atoms with E-state index in [1.807, 2.05) is 13.8 Å². The molecule has 0 aliphatic carbocycles. The highest BCUT2D eigenvalue weighted by Crippen LogP contribution is 2.23. The largest absolute Gasteiger partial charge is 0.393 e. The van der Waals surface area contributed by atoms with Crippen LogP contribution in [0.3, 0.4) is 0 Å². The van der Waals surface area contributed by atoms with Gasteiger partial charge in [0.05, 0.1) is 17.6 Å². The molecular formula is C13H19N3O4. The van der Waals surface area contributed by atoms with Crippen LogP contribution in [-0.2, 0) is 4.74 Å². The SMILES string of the molecule is CCN(C(=O)c1ccc(N)c([N+](=O)[O-])c1)C(C)COC. The van der Waals surface area contributed by atoms with Gasteiger partial charge in [-0.25, -0.2) is 0 Å². The van der Waals surface area contributed by atoms with Gasteiger partial charge in [-0.15, -0.1) is 0 Å². The van der Waals surface area contributed by atoms with Crippen LogP contribution in [0, 0.1) is 10.1 Å². The summed E-state index contributed by atoms with van der Waals surface area (Å²) in [5, 5.41) is 10.9. The number of ether oxygens (including phenoxy) is 1. The monoisotopic (exact) mass is 281 g/mol. The van der Waals surface area contributed by atoms with Crippen LogP contribution < -0.4 is 5.73 Å². The zero-order valence-corrected chi connectivity index (χ0v) is 11.8. The molecule has 0 fully saturated rings. The van der Waals surface area contributed by atoms with Crippen LogP contribution >= 0.6 is 0 Å². The molecule has 0 aromatic heterocycles. The molecule has 0 radical (unpaired) electrons. The number of carbonyl (C=O) groups is 1. The number of hydrogen-bond acceptors (Lipinski definition) is 5. The van der Waals surface area contributed by atoms with Crippen LogP contribution in [0.4, 0.5) is 11.4 Å². The fraction of sp³-hybridized carbons (Fsp3) is 0.462. The number of nitrogens with zero attached hydrogens (tertiary/aromatic N) is 2. The predicted octanol–water partition coefficient (Wildman–Crippen LogP) is 1.67. The number of methoxy groups -OCH3 is 1. The normalized spacial score (nSPS) is 11.9. The predicted molar refractivity (Wildman–Crippen MR) is 75.6 cm³/mol. The molecule has 1 aromatic carbocycles. The molecular weight excluding hydrogens is 262 g/mol. The van der Waals surface area contributed by atoms with E-state index in [4.69, 9.17) is 10.5 Å². The summed E-state index contributed by atoms with van der Waals surface area (Å²) < 4.78 is 5.03. The molecule has 1 aromatic rings. The number of rotatable bonds is 6. The number of carbonyl (C=O) groups excluding carboxylic acids is 1. The van der Waals surface area contributed by atoms with Gasteiger partial charge in [0.1, 0.15) is 5.69 Å². The first-order valence-electron chi connectivity index (χ1n) is 6.26. The van der Waals surface area contributed by atoms with Crippen LogP contribution in [-0.4, -0.2) is 42.0 Å². The number of nitrogens with two attached hydrogens (primary N) is 1. The number of nitro benzene ring substituents is 1. The van der Waals surface area contributed by atoms with Crippen molar-refractivity contribution in [1.29, 1.82) is 0 Å². The second-order valence-corrected chi connectivity index (χ2v) is 4.43. The lowest BCUT2D eigenvalue weighted by molar-refractivity contribution is -0.383. The molecule has 0 aliphatic heterocycles. The van der Waals surface area contributed by atoms with Crippen LogP contribution in [0.5, 0.6) is 0 Å². The summed E-state index contributed by atoms with van der Waals surface area (Å²) >= 11 is 0. The number of nitro groups is 1. The minimum atomic E-state index is -0.596. The van der Waals surface area contributed by atoms with Gasteiger partial charge in [0.25, 0.3) is 11.6 Å². The van der Waals surface area contributed by atoms with Crippen LogP contribution in [0.15, 0.2) is 18.2 Å². The van der Waals surface area contributed by atoms with Gasteiger partial charge in [0, 0.05) is 25.3 Å². The van der Waals surface area contributed by atoms with Gasteiger partial charge >= 0.3 is 0 Å². The Labute approximate surface area is 117 Å². The van der Waals surface area contributed by atoms with Crippen molar-refractivity contribution < 1.29 is 14.5 Å². The van der Waals surface area contributed by atoms with E-state index in [0.29, 0.717) is 13.2 Å². The van der Waals surface area contributed by atoms with Gasteiger partial charge in [-0.1, -0.05) is 0 Å². The van der Waals surface area contributed by atoms with E-state index in [9.17, 15) is 14.9 Å². The number of nitrogen functional groups attached to an aromatic ring is 1. The third kappa shape index (κ3) is 3.45. The van der Waals surface area contributed by atoms with Crippen LogP contribution in [0.2, 0.25) is 0 Å². The molecule has 1 rings (SSSR count). The summed E-state index contributed by atoms with van der Waals surface area (Å²) in [5.41, 5.74) is 5.55. The highest BCUT2D eigenvalue weighted by atomic mass is 16.6. The fourth-order valence-electron chi connectivity index (χ4n) is 1.99. The summed E-state index contributed by atoms with van der Waals surface area (Å²) in [4.78, 5) is 24.2. The molecule has 7 nitrogen and oxygen atoms in total. The molecule has 20 heavy (non-hydrogen) atoms. The van der Waals surface area contributed by atoms with Gasteiger partial charge in [-0.2, -0.15) is 0 Å². The molecule has 1 amide bonds. The summed E-state index contributed by atoms with van der Waals surface area (Å²) in [6.07, 6.45) is 0. The Morgan fingerprint density at radius 1 is 1.55 bits per heavy atom. The first-order chi connectivity index (χ1) is 9.42. The second-order valence-electron chi connectivity index (χ2n) is 4.43. The van der Waals surface area contributed by atoms with Gasteiger partial charge < -0.3 is 15.4 Å². The van der Waals surface area contributed by atoms with E-state index in [1.165, 1.54) is 18.2 Å². The summed E-state index contributed by atoms with van der Waals surface area (Å²) in [5.74, 6) is -0.278. The average Bonchev–Trinajstić information content (AvgIpc) is 2.39. The van der Waals surface area contributed by atoms with Crippen molar-refractivity contribution in [2.75, 3.05) is 26.0 Å². The Morgan fingerprint density at radius 3 is 2.70 bits per heavy atom. The minimum absolute atomic E-state index is 0.0412. The van der Waals surface area contributed by atoms with Crippen molar-refractivity contribution in [3.8, 4) is 0 Å². The number of benzene rings is 1. The Morgan fingerprint density at radius 2 is 2.20 bits per heavy atom. The lowest BCUT2D eigenvalue weighted by atomic mass is 10.1. The lowest BCUT2D eigenvalue weighted by Gasteiger charge is -2.27. The van der Waals surface area contributed by atoms with Crippen LogP contribution in [0.1, 0.15) is 24.2 Å². The summed E-state index contributed by atoms with van der Waals surface area (Å²) in [6, 6.07) is 3.96. The lowest BCUT2D eigenvalue weighted by Crippen LogP contribution is -2.40. The zero-order valence-electron chi connectivity index (χ0n) is 11.8. The third-order valence-electron chi connectivity index (χ3n) is 3.02. The van der Waals surface area contributed by atoms with Gasteiger partial charge in [-0.05, 0) is 26.0 Å². The minimum Gasteiger partial charge on any atom is -0.393 e. The molecule has 0 saturated carbocycles. The Balaban J connectivity index is 3.07. The maximum absolute atomic E-state index is 12.4. The van der Waals surface area contributed by atoms with E-state index < -0.39 is 4.92 Å². The van der Waals surface area contributed by atoms with Gasteiger partial charge in [-0.3, -0.25) is 14.9 Å². The molecule has 0 aliphatic rings. The van der Waals surface area contributed by atoms with Crippen molar-refractivity contribution in [3.05, 3.63) is 33.9 Å². The molecule has 110 valence electrons. The van der Waals surface area contributed by atoms with Crippen molar-refractivity contribution in [1.82, 2.24) is 4.90 Å². The van der Waals surface area contributed by atoms with Crippen molar-refractivity contribution in [3.63, 3.8) is 0 Å². The first kappa shape index (κ1) is 15.9. The van der Waals surface area contributed by atoms with Crippen molar-refractivity contribution in [2.24, 2.45) is 0 Å². The van der Waals surface area contributed by atoms with Gasteiger partial charge in [0.2, 0.25) is 0 Å². The fourth-order valence-corrected chi connectivity index (χ4v) is 1.99. The molecule has 2 N–H and O–H groups in total. The molecule has 0 spiro atoms.